The average Bonchev–Trinajstić information content (AvgIpc) is 2.80. The molecule has 0 saturated carbocycles. The Hall–Kier alpha value is -1.26. The highest BCUT2D eigenvalue weighted by atomic mass is 32.2. The van der Waals surface area contributed by atoms with Crippen LogP contribution < -0.4 is 5.32 Å². The molecule has 2 aromatic rings. The number of thioether (sulfide) groups is 1. The van der Waals surface area contributed by atoms with Crippen molar-refractivity contribution in [2.75, 3.05) is 6.54 Å². The molecule has 3 rings (SSSR count). The topological polar surface area (TPSA) is 38.1 Å². The smallest absolute Gasteiger partial charge is 0.172 e. The summed E-state index contributed by atoms with van der Waals surface area (Å²) in [5.74, 6) is 1.91. The molecule has 0 unspecified atom stereocenters. The minimum atomic E-state index is 0.790. The van der Waals surface area contributed by atoms with Gasteiger partial charge in [0, 0.05) is 28.3 Å². The SMILES string of the molecule is CCNCc1noc2c1CSc1ccccc1-2. The third kappa shape index (κ3) is 1.87. The van der Waals surface area contributed by atoms with Gasteiger partial charge in [0.1, 0.15) is 5.69 Å². The Morgan fingerprint density at radius 3 is 3.18 bits per heavy atom. The van der Waals surface area contributed by atoms with Crippen LogP contribution in [0.4, 0.5) is 0 Å². The lowest BCUT2D eigenvalue weighted by Gasteiger charge is -2.13. The van der Waals surface area contributed by atoms with Gasteiger partial charge in [0.05, 0.1) is 0 Å². The van der Waals surface area contributed by atoms with Crippen molar-refractivity contribution in [2.45, 2.75) is 24.1 Å². The van der Waals surface area contributed by atoms with Crippen LogP contribution in [0.25, 0.3) is 11.3 Å². The van der Waals surface area contributed by atoms with Crippen LogP contribution in [-0.4, -0.2) is 11.7 Å². The van der Waals surface area contributed by atoms with Crippen LogP contribution in [0.3, 0.4) is 0 Å². The van der Waals surface area contributed by atoms with Gasteiger partial charge in [0.25, 0.3) is 0 Å². The van der Waals surface area contributed by atoms with Crippen molar-refractivity contribution in [2.24, 2.45) is 0 Å². The molecular formula is C13H14N2OS. The maximum atomic E-state index is 5.51. The first-order valence-corrected chi connectivity index (χ1v) is 6.79. The first-order valence-electron chi connectivity index (χ1n) is 5.80. The van der Waals surface area contributed by atoms with Gasteiger partial charge in [-0.25, -0.2) is 0 Å². The van der Waals surface area contributed by atoms with E-state index >= 15 is 0 Å². The summed E-state index contributed by atoms with van der Waals surface area (Å²) >= 11 is 1.86. The zero-order chi connectivity index (χ0) is 11.7. The molecule has 0 aliphatic carbocycles. The molecule has 0 spiro atoms. The van der Waals surface area contributed by atoms with Crippen LogP contribution in [-0.2, 0) is 12.3 Å². The Kier molecular flexibility index (Phi) is 2.91. The van der Waals surface area contributed by atoms with Crippen molar-refractivity contribution >= 4 is 11.8 Å². The van der Waals surface area contributed by atoms with Crippen LogP contribution in [0.5, 0.6) is 0 Å². The summed E-state index contributed by atoms with van der Waals surface area (Å²) in [5, 5.41) is 7.48. The third-order valence-corrected chi connectivity index (χ3v) is 4.02. The maximum Gasteiger partial charge on any atom is 0.172 e. The predicted molar refractivity (Wildman–Crippen MR) is 68.9 cm³/mol. The molecule has 1 aromatic heterocycles. The molecule has 1 aliphatic heterocycles. The molecule has 88 valence electrons. The van der Waals surface area contributed by atoms with Crippen LogP contribution in [0.15, 0.2) is 33.7 Å². The second-order valence-corrected chi connectivity index (χ2v) is 5.02. The largest absolute Gasteiger partial charge is 0.356 e. The number of aromatic nitrogens is 1. The number of hydrogen-bond acceptors (Lipinski definition) is 4. The molecule has 1 N–H and O–H groups in total. The van der Waals surface area contributed by atoms with Gasteiger partial charge in [-0.1, -0.05) is 24.2 Å². The van der Waals surface area contributed by atoms with Gasteiger partial charge in [-0.3, -0.25) is 0 Å². The van der Waals surface area contributed by atoms with Crippen molar-refractivity contribution in [3.05, 3.63) is 35.5 Å². The minimum Gasteiger partial charge on any atom is -0.356 e. The van der Waals surface area contributed by atoms with E-state index in [-0.39, 0.29) is 0 Å². The van der Waals surface area contributed by atoms with E-state index in [1.54, 1.807) is 0 Å². The number of fused-ring (bicyclic) bond motifs is 3. The first kappa shape index (κ1) is 10.9. The number of benzene rings is 1. The fourth-order valence-electron chi connectivity index (χ4n) is 2.01. The van der Waals surface area contributed by atoms with E-state index in [0.29, 0.717) is 0 Å². The standard InChI is InChI=1S/C13H14N2OS/c1-2-14-7-11-10-8-17-12-6-4-3-5-9(12)13(10)16-15-11/h3-6,14H,2,7-8H2,1H3. The molecule has 1 aromatic carbocycles. The lowest BCUT2D eigenvalue weighted by Crippen LogP contribution is -2.13. The summed E-state index contributed by atoms with van der Waals surface area (Å²) in [7, 11) is 0. The fraction of sp³-hybridized carbons (Fsp3) is 0.308. The fourth-order valence-corrected chi connectivity index (χ4v) is 3.10. The highest BCUT2D eigenvalue weighted by Gasteiger charge is 2.23. The lowest BCUT2D eigenvalue weighted by molar-refractivity contribution is 0.419. The Labute approximate surface area is 105 Å². The Balaban J connectivity index is 2.01. The van der Waals surface area contributed by atoms with E-state index in [1.807, 2.05) is 17.8 Å². The van der Waals surface area contributed by atoms with E-state index in [1.165, 1.54) is 16.0 Å². The predicted octanol–water partition coefficient (Wildman–Crippen LogP) is 3.06. The van der Waals surface area contributed by atoms with Gasteiger partial charge in [-0.05, 0) is 18.7 Å². The van der Waals surface area contributed by atoms with Gasteiger partial charge in [-0.15, -0.1) is 11.8 Å². The van der Waals surface area contributed by atoms with Crippen LogP contribution in [0, 0.1) is 0 Å². The van der Waals surface area contributed by atoms with Crippen molar-refractivity contribution in [1.29, 1.82) is 0 Å². The van der Waals surface area contributed by atoms with Gasteiger partial charge in [0.2, 0.25) is 0 Å². The zero-order valence-corrected chi connectivity index (χ0v) is 10.5. The van der Waals surface area contributed by atoms with E-state index in [4.69, 9.17) is 4.52 Å². The van der Waals surface area contributed by atoms with E-state index in [9.17, 15) is 0 Å². The van der Waals surface area contributed by atoms with Crippen LogP contribution in [0.1, 0.15) is 18.2 Å². The molecule has 2 heterocycles. The molecule has 3 nitrogen and oxygen atoms in total. The summed E-state index contributed by atoms with van der Waals surface area (Å²) in [6.45, 7) is 3.83. The lowest BCUT2D eigenvalue weighted by atomic mass is 10.1. The number of nitrogens with zero attached hydrogens (tertiary/aromatic N) is 1. The monoisotopic (exact) mass is 246 g/mol. The summed E-state index contributed by atoms with van der Waals surface area (Å²) in [6.07, 6.45) is 0. The van der Waals surface area contributed by atoms with Crippen molar-refractivity contribution < 1.29 is 4.52 Å². The van der Waals surface area contributed by atoms with E-state index in [0.717, 1.165) is 30.3 Å². The van der Waals surface area contributed by atoms with Crippen LogP contribution >= 0.6 is 11.8 Å². The quantitative estimate of drug-likeness (QED) is 0.903. The molecule has 0 atom stereocenters. The van der Waals surface area contributed by atoms with E-state index in [2.05, 4.69) is 35.6 Å². The minimum absolute atomic E-state index is 0.790. The molecule has 0 fully saturated rings. The molecule has 0 radical (unpaired) electrons. The highest BCUT2D eigenvalue weighted by molar-refractivity contribution is 7.98. The molecule has 0 amide bonds. The molecule has 17 heavy (non-hydrogen) atoms. The Morgan fingerprint density at radius 1 is 1.41 bits per heavy atom. The van der Waals surface area contributed by atoms with E-state index < -0.39 is 0 Å². The number of hydrogen-bond donors (Lipinski definition) is 1. The van der Waals surface area contributed by atoms with Crippen LogP contribution in [0.2, 0.25) is 0 Å². The molecule has 1 aliphatic rings. The number of rotatable bonds is 3. The summed E-state index contributed by atoms with van der Waals surface area (Å²) < 4.78 is 5.51. The Bertz CT molecular complexity index is 536. The van der Waals surface area contributed by atoms with Gasteiger partial charge >= 0.3 is 0 Å². The van der Waals surface area contributed by atoms with Gasteiger partial charge in [0.15, 0.2) is 5.76 Å². The van der Waals surface area contributed by atoms with Gasteiger partial charge in [-0.2, -0.15) is 0 Å². The zero-order valence-electron chi connectivity index (χ0n) is 9.69. The molecule has 4 heteroatoms. The Morgan fingerprint density at radius 2 is 2.29 bits per heavy atom. The van der Waals surface area contributed by atoms with Crippen molar-refractivity contribution in [3.8, 4) is 11.3 Å². The molecular weight excluding hydrogens is 232 g/mol. The number of nitrogens with one attached hydrogen (secondary N) is 1. The summed E-state index contributed by atoms with van der Waals surface area (Å²) in [6, 6.07) is 8.34. The second kappa shape index (κ2) is 4.55. The maximum absolute atomic E-state index is 5.51. The first-order chi connectivity index (χ1) is 8.40. The van der Waals surface area contributed by atoms with Gasteiger partial charge < -0.3 is 9.84 Å². The molecule has 0 bridgehead atoms. The highest BCUT2D eigenvalue weighted by Crippen LogP contribution is 2.42. The second-order valence-electron chi connectivity index (χ2n) is 4.00. The third-order valence-electron chi connectivity index (χ3n) is 2.92. The summed E-state index contributed by atoms with van der Waals surface area (Å²) in [4.78, 5) is 1.28. The average molecular weight is 246 g/mol. The summed E-state index contributed by atoms with van der Waals surface area (Å²) in [5.41, 5.74) is 3.47. The van der Waals surface area contributed by atoms with Crippen molar-refractivity contribution in [1.82, 2.24) is 10.5 Å². The van der Waals surface area contributed by atoms with Crippen molar-refractivity contribution in [3.63, 3.8) is 0 Å². The normalized spacial score (nSPS) is 13.2. The molecule has 0 saturated heterocycles.